The number of urea groups is 1. The van der Waals surface area contributed by atoms with Gasteiger partial charge in [-0.15, -0.1) is 0 Å². The van der Waals surface area contributed by atoms with Crippen molar-refractivity contribution >= 4 is 41.4 Å². The molecule has 0 saturated carbocycles. The third-order valence-corrected chi connectivity index (χ3v) is 4.93. The number of benzene rings is 2. The molecule has 0 fully saturated rings. The van der Waals surface area contributed by atoms with E-state index in [1.54, 1.807) is 24.3 Å². The molecule has 0 bridgehead atoms. The van der Waals surface area contributed by atoms with E-state index in [-0.39, 0.29) is 23.8 Å². The van der Waals surface area contributed by atoms with Gasteiger partial charge in [0.05, 0.1) is 12.2 Å². The molecule has 3 aromatic rings. The van der Waals surface area contributed by atoms with Crippen molar-refractivity contribution in [3.05, 3.63) is 59.9 Å². The third-order valence-electron chi connectivity index (χ3n) is 4.56. The first-order valence-electron chi connectivity index (χ1n) is 9.87. The molecule has 1 aromatic heterocycles. The van der Waals surface area contributed by atoms with Gasteiger partial charge in [0.15, 0.2) is 5.76 Å². The van der Waals surface area contributed by atoms with Gasteiger partial charge in [0.2, 0.25) is 0 Å². The van der Waals surface area contributed by atoms with Crippen LogP contribution in [0, 0.1) is 0 Å². The Morgan fingerprint density at radius 2 is 1.88 bits per heavy atom. The summed E-state index contributed by atoms with van der Waals surface area (Å²) in [6, 6.07) is 10.4. The van der Waals surface area contributed by atoms with Gasteiger partial charge in [0, 0.05) is 11.1 Å². The van der Waals surface area contributed by atoms with Crippen LogP contribution in [0.5, 0.6) is 5.75 Å². The number of furan rings is 1. The molecule has 1 heterocycles. The first kappa shape index (κ1) is 23.5. The highest BCUT2D eigenvalue weighted by molar-refractivity contribution is 7.79. The molecule has 0 aliphatic carbocycles. The van der Waals surface area contributed by atoms with E-state index in [0.29, 0.717) is 21.7 Å². The van der Waals surface area contributed by atoms with E-state index in [1.807, 2.05) is 6.92 Å². The maximum absolute atomic E-state index is 13.5. The number of halogens is 3. The first-order valence-corrected chi connectivity index (χ1v) is 10.3. The van der Waals surface area contributed by atoms with Crippen molar-refractivity contribution in [3.8, 4) is 5.75 Å². The molecule has 0 aliphatic heterocycles. The van der Waals surface area contributed by atoms with E-state index in [1.165, 1.54) is 12.1 Å². The number of nitrogens with one attached hydrogen (secondary N) is 1. The largest absolute Gasteiger partial charge is 0.493 e. The van der Waals surface area contributed by atoms with Gasteiger partial charge in [-0.3, -0.25) is 4.79 Å². The van der Waals surface area contributed by atoms with Crippen LogP contribution in [0.1, 0.15) is 42.3 Å². The Kier molecular flexibility index (Phi) is 7.34. The zero-order valence-electron chi connectivity index (χ0n) is 17.1. The van der Waals surface area contributed by atoms with Crippen molar-refractivity contribution in [1.82, 2.24) is 4.31 Å². The number of carbonyl (C=O) groups excluding carboxylic acids is 2. The van der Waals surface area contributed by atoms with Crippen molar-refractivity contribution in [2.75, 3.05) is 11.9 Å². The van der Waals surface area contributed by atoms with Gasteiger partial charge in [-0.25, -0.2) is 9.10 Å². The number of unbranched alkanes of at least 4 members (excludes halogenated alkanes) is 2. The summed E-state index contributed by atoms with van der Waals surface area (Å²) in [5.41, 5.74) is -0.747. The molecule has 0 saturated heterocycles. The number of hydrogen-bond donors (Lipinski definition) is 2. The maximum Gasteiger partial charge on any atom is 0.420 e. The zero-order chi connectivity index (χ0) is 23.3. The van der Waals surface area contributed by atoms with Crippen molar-refractivity contribution in [3.63, 3.8) is 0 Å². The fraction of sp³-hybridized carbons (Fsp3) is 0.273. The molecule has 2 aromatic carbocycles. The molecule has 6 nitrogen and oxygen atoms in total. The number of ether oxygens (including phenoxy) is 1. The Hall–Kier alpha value is -3.14. The van der Waals surface area contributed by atoms with Gasteiger partial charge in [0.25, 0.3) is 0 Å². The molecule has 0 atom stereocenters. The topological polar surface area (TPSA) is 71.8 Å². The highest BCUT2D eigenvalue weighted by Gasteiger charge is 2.35. The second-order valence-corrected chi connectivity index (χ2v) is 7.36. The summed E-state index contributed by atoms with van der Waals surface area (Å²) in [5, 5.41) is 2.89. The van der Waals surface area contributed by atoms with E-state index in [2.05, 4.69) is 18.1 Å². The lowest BCUT2D eigenvalue weighted by Crippen LogP contribution is -2.32. The zero-order valence-corrected chi connectivity index (χ0v) is 18.0. The van der Waals surface area contributed by atoms with Crippen LogP contribution in [-0.4, -0.2) is 22.9 Å². The van der Waals surface area contributed by atoms with Crippen LogP contribution >= 0.6 is 12.8 Å². The standard InChI is InChI=1S/C22H21F3N2O4S/c1-2-3-6-11-30-18-10-9-15(13-16(18)22(23,24)25)26-21(29)27(32)20(28)19-12-14-7-4-5-8-17(14)31-19/h4-5,7-10,12-13,32H,2-3,6,11H2,1H3,(H,26,29). The molecular weight excluding hydrogens is 445 g/mol. The number of hydrogen-bond acceptors (Lipinski definition) is 5. The van der Waals surface area contributed by atoms with Gasteiger partial charge < -0.3 is 14.5 Å². The van der Waals surface area contributed by atoms with Crippen molar-refractivity contribution < 1.29 is 31.9 Å². The summed E-state index contributed by atoms with van der Waals surface area (Å²) in [6.45, 7) is 2.13. The molecule has 32 heavy (non-hydrogen) atoms. The van der Waals surface area contributed by atoms with Crippen LogP contribution in [-0.2, 0) is 6.18 Å². The van der Waals surface area contributed by atoms with Crippen LogP contribution in [0.25, 0.3) is 11.0 Å². The lowest BCUT2D eigenvalue weighted by Gasteiger charge is -2.17. The predicted octanol–water partition coefficient (Wildman–Crippen LogP) is 6.54. The van der Waals surface area contributed by atoms with E-state index >= 15 is 0 Å². The minimum atomic E-state index is -4.69. The summed E-state index contributed by atoms with van der Waals surface area (Å²) in [5.74, 6) is -1.33. The number of thiol groups is 1. The monoisotopic (exact) mass is 466 g/mol. The van der Waals surface area contributed by atoms with Crippen molar-refractivity contribution in [1.29, 1.82) is 0 Å². The van der Waals surface area contributed by atoms with Crippen molar-refractivity contribution in [2.45, 2.75) is 32.4 Å². The van der Waals surface area contributed by atoms with E-state index in [9.17, 15) is 22.8 Å². The second-order valence-electron chi connectivity index (χ2n) is 6.96. The maximum atomic E-state index is 13.5. The van der Waals surface area contributed by atoms with Crippen LogP contribution < -0.4 is 10.1 Å². The van der Waals surface area contributed by atoms with Crippen LogP contribution in [0.4, 0.5) is 23.7 Å². The Balaban J connectivity index is 1.73. The lowest BCUT2D eigenvalue weighted by molar-refractivity contribution is -0.138. The van der Waals surface area contributed by atoms with E-state index in [4.69, 9.17) is 9.15 Å². The third kappa shape index (κ3) is 5.56. The quantitative estimate of drug-likeness (QED) is 0.306. The number of anilines is 1. The van der Waals surface area contributed by atoms with Gasteiger partial charge in [-0.1, -0.05) is 50.8 Å². The van der Waals surface area contributed by atoms with Gasteiger partial charge in [-0.2, -0.15) is 13.2 Å². The molecule has 170 valence electrons. The molecular formula is C22H21F3N2O4S. The minimum Gasteiger partial charge on any atom is -0.493 e. The average Bonchev–Trinajstić information content (AvgIpc) is 3.20. The molecule has 0 aliphatic rings. The van der Waals surface area contributed by atoms with E-state index in [0.717, 1.165) is 25.0 Å². The van der Waals surface area contributed by atoms with Gasteiger partial charge >= 0.3 is 18.1 Å². The Morgan fingerprint density at radius 3 is 2.56 bits per heavy atom. The molecule has 3 rings (SSSR count). The minimum absolute atomic E-state index is 0.136. The number of fused-ring (bicyclic) bond motifs is 1. The van der Waals surface area contributed by atoms with Crippen LogP contribution in [0.15, 0.2) is 52.9 Å². The first-order chi connectivity index (χ1) is 15.2. The number of imide groups is 1. The summed E-state index contributed by atoms with van der Waals surface area (Å²) in [7, 11) is 0. The summed E-state index contributed by atoms with van der Waals surface area (Å²) in [4.78, 5) is 24.9. The average molecular weight is 466 g/mol. The highest BCUT2D eigenvalue weighted by Crippen LogP contribution is 2.38. The van der Waals surface area contributed by atoms with Crippen molar-refractivity contribution in [2.24, 2.45) is 0 Å². The predicted molar refractivity (Wildman–Crippen MR) is 117 cm³/mol. The Bertz CT molecular complexity index is 1080. The van der Waals surface area contributed by atoms with Crippen LogP contribution in [0.2, 0.25) is 0 Å². The fourth-order valence-electron chi connectivity index (χ4n) is 2.95. The Labute approximate surface area is 187 Å². The molecule has 0 unspecified atom stereocenters. The summed E-state index contributed by atoms with van der Waals surface area (Å²) >= 11 is 3.88. The number of para-hydroxylation sites is 1. The normalized spacial score (nSPS) is 11.4. The molecule has 3 amide bonds. The highest BCUT2D eigenvalue weighted by atomic mass is 32.1. The molecule has 0 spiro atoms. The molecule has 0 radical (unpaired) electrons. The number of nitrogens with zero attached hydrogens (tertiary/aromatic N) is 1. The number of carbonyl (C=O) groups is 2. The number of rotatable bonds is 7. The fourth-order valence-corrected chi connectivity index (χ4v) is 3.10. The van der Waals surface area contributed by atoms with Crippen LogP contribution in [0.3, 0.4) is 0 Å². The molecule has 1 N–H and O–H groups in total. The number of amides is 3. The Morgan fingerprint density at radius 1 is 1.12 bits per heavy atom. The van der Waals surface area contributed by atoms with Gasteiger partial charge in [0.1, 0.15) is 11.3 Å². The second kappa shape index (κ2) is 9.99. The summed E-state index contributed by atoms with van der Waals surface area (Å²) in [6.07, 6.45) is -2.31. The smallest absolute Gasteiger partial charge is 0.420 e. The number of alkyl halides is 3. The lowest BCUT2D eigenvalue weighted by atomic mass is 10.1. The van der Waals surface area contributed by atoms with Gasteiger partial charge in [-0.05, 0) is 36.8 Å². The SMILES string of the molecule is CCCCCOc1ccc(NC(=O)N(S)C(=O)c2cc3ccccc3o2)cc1C(F)(F)F. The van der Waals surface area contributed by atoms with E-state index < -0.39 is 23.7 Å². The molecule has 10 heteroatoms. The summed E-state index contributed by atoms with van der Waals surface area (Å²) < 4.78 is 51.5.